The molecule has 5 nitrogen and oxygen atoms in total. The standard InChI is InChI=1S/C36H33N3O2.ClH/c40-35(38-23-21-31-19-9-10-22-37-31)30-18-11-12-26(25-30)24-29-17-7-8-20-32(29)36-39-33(27-13-3-1-4-14-27)34(41-36)28-15-5-2-6-16-28;/h1-7,9-19,22,25,29,32H,8,20-21,23-24H2,(H,38,40);1H. The van der Waals surface area contributed by atoms with Gasteiger partial charge in [-0.15, -0.1) is 12.4 Å². The Morgan fingerprint density at radius 3 is 2.40 bits per heavy atom. The number of halogens is 1. The topological polar surface area (TPSA) is 68.0 Å². The van der Waals surface area contributed by atoms with E-state index in [1.807, 2.05) is 72.8 Å². The van der Waals surface area contributed by atoms with E-state index < -0.39 is 0 Å². The van der Waals surface area contributed by atoms with Crippen molar-refractivity contribution in [2.24, 2.45) is 5.92 Å². The average molecular weight is 576 g/mol. The zero-order chi connectivity index (χ0) is 27.9. The van der Waals surface area contributed by atoms with E-state index in [2.05, 4.69) is 52.8 Å². The van der Waals surface area contributed by atoms with E-state index in [1.165, 1.54) is 0 Å². The van der Waals surface area contributed by atoms with Crippen LogP contribution in [0.5, 0.6) is 0 Å². The van der Waals surface area contributed by atoms with Crippen molar-refractivity contribution < 1.29 is 9.21 Å². The fourth-order valence-electron chi connectivity index (χ4n) is 5.55. The third kappa shape index (κ3) is 6.87. The van der Waals surface area contributed by atoms with Crippen LogP contribution in [0.2, 0.25) is 0 Å². The van der Waals surface area contributed by atoms with Gasteiger partial charge in [-0.2, -0.15) is 0 Å². The minimum Gasteiger partial charge on any atom is -0.440 e. The van der Waals surface area contributed by atoms with E-state index >= 15 is 0 Å². The Morgan fingerprint density at radius 2 is 1.64 bits per heavy atom. The second kappa shape index (κ2) is 13.9. The maximum Gasteiger partial charge on any atom is 0.251 e. The third-order valence-electron chi connectivity index (χ3n) is 7.64. The first-order valence-corrected chi connectivity index (χ1v) is 14.3. The molecule has 5 aromatic rings. The molecule has 0 saturated heterocycles. The van der Waals surface area contributed by atoms with Crippen molar-refractivity contribution in [1.29, 1.82) is 0 Å². The van der Waals surface area contributed by atoms with E-state index in [0.717, 1.165) is 59.0 Å². The molecule has 0 saturated carbocycles. The maximum absolute atomic E-state index is 12.9. The molecule has 0 spiro atoms. The number of carbonyl (C=O) groups is 1. The molecule has 2 heterocycles. The summed E-state index contributed by atoms with van der Waals surface area (Å²) in [4.78, 5) is 22.3. The number of carbonyl (C=O) groups excluding carboxylic acids is 1. The zero-order valence-electron chi connectivity index (χ0n) is 23.4. The first kappa shape index (κ1) is 29.0. The molecule has 0 bridgehead atoms. The molecule has 2 unspecified atom stereocenters. The minimum atomic E-state index is -0.0637. The van der Waals surface area contributed by atoms with Gasteiger partial charge in [-0.25, -0.2) is 4.98 Å². The van der Waals surface area contributed by atoms with Crippen LogP contribution in [0.4, 0.5) is 0 Å². The number of hydrogen-bond donors (Lipinski definition) is 1. The SMILES string of the molecule is Cl.O=C(NCCc1ccccn1)c1cccc(CC2C=CCCC2c2nc(-c3ccccc3)c(-c3ccccc3)o2)c1. The first-order valence-electron chi connectivity index (χ1n) is 14.3. The van der Waals surface area contributed by atoms with Crippen molar-refractivity contribution in [1.82, 2.24) is 15.3 Å². The smallest absolute Gasteiger partial charge is 0.251 e. The Hall–Kier alpha value is -4.48. The second-order valence-electron chi connectivity index (χ2n) is 10.5. The zero-order valence-corrected chi connectivity index (χ0v) is 24.2. The number of nitrogens with one attached hydrogen (secondary N) is 1. The molecule has 0 aliphatic heterocycles. The second-order valence-corrected chi connectivity index (χ2v) is 10.5. The molecule has 1 aliphatic carbocycles. The van der Waals surface area contributed by atoms with Gasteiger partial charge in [0.2, 0.25) is 0 Å². The van der Waals surface area contributed by atoms with Gasteiger partial charge >= 0.3 is 0 Å². The highest BCUT2D eigenvalue weighted by Crippen LogP contribution is 2.41. The van der Waals surface area contributed by atoms with Crippen LogP contribution in [0.1, 0.15) is 46.3 Å². The number of oxazole rings is 1. The average Bonchev–Trinajstić information content (AvgIpc) is 3.48. The Kier molecular flexibility index (Phi) is 9.62. The quantitative estimate of drug-likeness (QED) is 0.180. The number of pyridine rings is 1. The summed E-state index contributed by atoms with van der Waals surface area (Å²) in [5.74, 6) is 1.89. The molecule has 6 rings (SSSR count). The van der Waals surface area contributed by atoms with E-state index in [1.54, 1.807) is 6.20 Å². The van der Waals surface area contributed by atoms with Crippen molar-refractivity contribution in [3.8, 4) is 22.6 Å². The summed E-state index contributed by atoms with van der Waals surface area (Å²) < 4.78 is 6.59. The van der Waals surface area contributed by atoms with Gasteiger partial charge in [0.25, 0.3) is 5.91 Å². The lowest BCUT2D eigenvalue weighted by atomic mass is 9.80. The molecule has 2 aromatic heterocycles. The molecule has 6 heteroatoms. The lowest BCUT2D eigenvalue weighted by Crippen LogP contribution is -2.26. The summed E-state index contributed by atoms with van der Waals surface area (Å²) in [7, 11) is 0. The molecule has 212 valence electrons. The van der Waals surface area contributed by atoms with Crippen molar-refractivity contribution in [2.75, 3.05) is 6.54 Å². The van der Waals surface area contributed by atoms with Crippen LogP contribution >= 0.6 is 12.4 Å². The number of benzene rings is 3. The number of aromatic nitrogens is 2. The number of rotatable bonds is 9. The summed E-state index contributed by atoms with van der Waals surface area (Å²) in [5.41, 5.74) is 5.72. The molecule has 1 amide bonds. The summed E-state index contributed by atoms with van der Waals surface area (Å²) in [6.07, 6.45) is 9.79. The van der Waals surface area contributed by atoms with Gasteiger partial charge in [-0.05, 0) is 55.0 Å². The van der Waals surface area contributed by atoms with Gasteiger partial charge < -0.3 is 9.73 Å². The summed E-state index contributed by atoms with van der Waals surface area (Å²) >= 11 is 0. The molecule has 42 heavy (non-hydrogen) atoms. The van der Waals surface area contributed by atoms with Crippen LogP contribution in [0.25, 0.3) is 22.6 Å². The molecule has 1 aliphatic rings. The summed E-state index contributed by atoms with van der Waals surface area (Å²) in [6.45, 7) is 0.547. The van der Waals surface area contributed by atoms with Crippen LogP contribution in [-0.4, -0.2) is 22.4 Å². The van der Waals surface area contributed by atoms with Gasteiger partial charge in [0.15, 0.2) is 11.7 Å². The Bertz CT molecular complexity index is 1560. The first-order chi connectivity index (χ1) is 20.2. The van der Waals surface area contributed by atoms with Crippen LogP contribution in [0.15, 0.2) is 126 Å². The largest absolute Gasteiger partial charge is 0.440 e. The predicted octanol–water partition coefficient (Wildman–Crippen LogP) is 8.09. The van der Waals surface area contributed by atoms with Gasteiger partial charge in [0.1, 0.15) is 5.69 Å². The van der Waals surface area contributed by atoms with Gasteiger partial charge in [-0.3, -0.25) is 9.78 Å². The molecule has 0 radical (unpaired) electrons. The Balaban J connectivity index is 0.00000353. The van der Waals surface area contributed by atoms with Crippen LogP contribution in [-0.2, 0) is 12.8 Å². The molecule has 2 atom stereocenters. The Labute approximate surface area is 253 Å². The maximum atomic E-state index is 12.9. The van der Waals surface area contributed by atoms with Crippen LogP contribution in [0.3, 0.4) is 0 Å². The Morgan fingerprint density at radius 1 is 0.881 bits per heavy atom. The van der Waals surface area contributed by atoms with Gasteiger partial charge in [-0.1, -0.05) is 91.0 Å². The molecule has 1 N–H and O–H groups in total. The van der Waals surface area contributed by atoms with Crippen molar-refractivity contribution in [3.63, 3.8) is 0 Å². The summed E-state index contributed by atoms with van der Waals surface area (Å²) in [5, 5.41) is 3.04. The molecule has 3 aromatic carbocycles. The number of nitrogens with zero attached hydrogens (tertiary/aromatic N) is 2. The van der Waals surface area contributed by atoms with Crippen molar-refractivity contribution in [3.05, 3.63) is 144 Å². The highest BCUT2D eigenvalue weighted by atomic mass is 35.5. The van der Waals surface area contributed by atoms with E-state index in [9.17, 15) is 4.79 Å². The lowest BCUT2D eigenvalue weighted by Gasteiger charge is -2.25. The van der Waals surface area contributed by atoms with Crippen LogP contribution in [0, 0.1) is 5.92 Å². The fourth-order valence-corrected chi connectivity index (χ4v) is 5.55. The van der Waals surface area contributed by atoms with Crippen molar-refractivity contribution in [2.45, 2.75) is 31.6 Å². The van der Waals surface area contributed by atoms with Crippen molar-refractivity contribution >= 4 is 18.3 Å². The fraction of sp³-hybridized carbons (Fsp3) is 0.194. The normalized spacial score (nSPS) is 16.0. The predicted molar refractivity (Wildman–Crippen MR) is 170 cm³/mol. The van der Waals surface area contributed by atoms with E-state index in [0.29, 0.717) is 18.5 Å². The van der Waals surface area contributed by atoms with Gasteiger partial charge in [0.05, 0.1) is 0 Å². The van der Waals surface area contributed by atoms with E-state index in [-0.39, 0.29) is 30.2 Å². The third-order valence-corrected chi connectivity index (χ3v) is 7.64. The summed E-state index contributed by atoms with van der Waals surface area (Å²) in [6, 6.07) is 34.2. The number of hydrogen-bond acceptors (Lipinski definition) is 4. The molecule has 0 fully saturated rings. The van der Waals surface area contributed by atoms with Gasteiger partial charge in [0, 0.05) is 47.5 Å². The highest BCUT2D eigenvalue weighted by Gasteiger charge is 2.30. The highest BCUT2D eigenvalue weighted by molar-refractivity contribution is 5.94. The monoisotopic (exact) mass is 575 g/mol. The van der Waals surface area contributed by atoms with Crippen LogP contribution < -0.4 is 5.32 Å². The number of allylic oxidation sites excluding steroid dienone is 2. The molecular weight excluding hydrogens is 542 g/mol. The lowest BCUT2D eigenvalue weighted by molar-refractivity contribution is 0.0954. The van der Waals surface area contributed by atoms with E-state index in [4.69, 9.17) is 9.40 Å². The molecular formula is C36H34ClN3O2. The minimum absolute atomic E-state index is 0. The number of amides is 1.